The summed E-state index contributed by atoms with van der Waals surface area (Å²) >= 11 is 0. The fraction of sp³-hybridized carbons (Fsp3) is 0.600. The zero-order valence-corrected chi connectivity index (χ0v) is 9.10. The summed E-state index contributed by atoms with van der Waals surface area (Å²) in [6.07, 6.45) is 2.70. The quantitative estimate of drug-likeness (QED) is 0.757. The molecule has 0 aliphatic carbocycles. The number of carbonyl (C=O) groups excluding carboxylic acids is 1. The molecule has 15 heavy (non-hydrogen) atoms. The Hall–Kier alpha value is -1.52. The molecule has 0 aromatic carbocycles. The summed E-state index contributed by atoms with van der Waals surface area (Å²) in [4.78, 5) is 13.4. The molecule has 1 atom stereocenters. The smallest absolute Gasteiger partial charge is 0.227 e. The standard InChI is InChI=1S/C10H16N4O/c1-7-9(11)6-14(12-7)5-8-3-4-13(2)10(8)15/h6,8H,3-5,11H2,1-2H3. The highest BCUT2D eigenvalue weighted by Crippen LogP contribution is 2.19. The van der Waals surface area contributed by atoms with Crippen LogP contribution in [-0.2, 0) is 11.3 Å². The number of rotatable bonds is 2. The Morgan fingerprint density at radius 3 is 2.87 bits per heavy atom. The van der Waals surface area contributed by atoms with Gasteiger partial charge in [-0.2, -0.15) is 5.10 Å². The maximum atomic E-state index is 11.7. The molecule has 1 aliphatic rings. The second-order valence-electron chi connectivity index (χ2n) is 4.14. The van der Waals surface area contributed by atoms with E-state index in [9.17, 15) is 4.79 Å². The topological polar surface area (TPSA) is 64.2 Å². The summed E-state index contributed by atoms with van der Waals surface area (Å²) in [5.74, 6) is 0.274. The number of likely N-dealkylation sites (tertiary alicyclic amines) is 1. The van der Waals surface area contributed by atoms with E-state index in [4.69, 9.17) is 5.73 Å². The van der Waals surface area contributed by atoms with E-state index >= 15 is 0 Å². The Labute approximate surface area is 88.8 Å². The average molecular weight is 208 g/mol. The number of nitrogens with zero attached hydrogens (tertiary/aromatic N) is 3. The molecule has 0 radical (unpaired) electrons. The zero-order chi connectivity index (χ0) is 11.0. The molecule has 1 aromatic rings. The lowest BCUT2D eigenvalue weighted by Crippen LogP contribution is -2.25. The monoisotopic (exact) mass is 208 g/mol. The molecule has 0 bridgehead atoms. The van der Waals surface area contributed by atoms with Crippen LogP contribution in [0.3, 0.4) is 0 Å². The van der Waals surface area contributed by atoms with Crippen molar-refractivity contribution in [2.75, 3.05) is 19.3 Å². The molecule has 1 aromatic heterocycles. The maximum Gasteiger partial charge on any atom is 0.227 e. The van der Waals surface area contributed by atoms with E-state index < -0.39 is 0 Å². The van der Waals surface area contributed by atoms with Crippen LogP contribution >= 0.6 is 0 Å². The van der Waals surface area contributed by atoms with Crippen LogP contribution in [0.25, 0.3) is 0 Å². The molecule has 1 saturated heterocycles. The number of aromatic nitrogens is 2. The fourth-order valence-corrected chi connectivity index (χ4v) is 1.92. The third-order valence-electron chi connectivity index (χ3n) is 2.93. The zero-order valence-electron chi connectivity index (χ0n) is 9.10. The molecule has 2 rings (SSSR count). The number of aryl methyl sites for hydroxylation is 1. The van der Waals surface area contributed by atoms with Gasteiger partial charge in [0.2, 0.25) is 5.91 Å². The number of hydrogen-bond donors (Lipinski definition) is 1. The van der Waals surface area contributed by atoms with Gasteiger partial charge in [-0.15, -0.1) is 0 Å². The summed E-state index contributed by atoms with van der Waals surface area (Å²) in [7, 11) is 1.84. The first-order valence-electron chi connectivity index (χ1n) is 5.12. The van der Waals surface area contributed by atoms with E-state index in [1.54, 1.807) is 15.8 Å². The number of amides is 1. The van der Waals surface area contributed by atoms with Gasteiger partial charge >= 0.3 is 0 Å². The minimum absolute atomic E-state index is 0.0636. The van der Waals surface area contributed by atoms with Crippen LogP contribution in [0, 0.1) is 12.8 Å². The Kier molecular flexibility index (Phi) is 2.38. The van der Waals surface area contributed by atoms with E-state index in [2.05, 4.69) is 5.10 Å². The molecule has 2 N–H and O–H groups in total. The Morgan fingerprint density at radius 1 is 1.67 bits per heavy atom. The van der Waals surface area contributed by atoms with E-state index in [0.717, 1.165) is 18.7 Å². The number of anilines is 1. The van der Waals surface area contributed by atoms with Crippen molar-refractivity contribution in [2.24, 2.45) is 5.92 Å². The lowest BCUT2D eigenvalue weighted by Gasteiger charge is -2.09. The van der Waals surface area contributed by atoms with E-state index in [1.165, 1.54) is 0 Å². The lowest BCUT2D eigenvalue weighted by atomic mass is 10.1. The molecular formula is C10H16N4O. The molecule has 1 unspecified atom stereocenters. The summed E-state index contributed by atoms with van der Waals surface area (Å²) in [6, 6.07) is 0. The molecule has 5 nitrogen and oxygen atoms in total. The molecule has 1 amide bonds. The molecule has 82 valence electrons. The minimum Gasteiger partial charge on any atom is -0.396 e. The highest BCUT2D eigenvalue weighted by atomic mass is 16.2. The van der Waals surface area contributed by atoms with Crippen molar-refractivity contribution >= 4 is 11.6 Å². The first-order valence-corrected chi connectivity index (χ1v) is 5.12. The number of carbonyl (C=O) groups is 1. The molecular weight excluding hydrogens is 192 g/mol. The van der Waals surface area contributed by atoms with Gasteiger partial charge in [-0.25, -0.2) is 0 Å². The Bertz CT molecular complexity index is 365. The van der Waals surface area contributed by atoms with Crippen LogP contribution in [0.15, 0.2) is 6.20 Å². The second kappa shape index (κ2) is 3.56. The normalized spacial score (nSPS) is 21.3. The first kappa shape index (κ1) is 10.0. The van der Waals surface area contributed by atoms with Crippen LogP contribution in [0.2, 0.25) is 0 Å². The van der Waals surface area contributed by atoms with Crippen molar-refractivity contribution in [2.45, 2.75) is 19.9 Å². The first-order chi connectivity index (χ1) is 7.08. The SMILES string of the molecule is Cc1nn(CC2CCN(C)C2=O)cc1N. The second-order valence-corrected chi connectivity index (χ2v) is 4.14. The van der Waals surface area contributed by atoms with Crippen molar-refractivity contribution < 1.29 is 4.79 Å². The van der Waals surface area contributed by atoms with Gasteiger partial charge in [0.15, 0.2) is 0 Å². The molecule has 1 fully saturated rings. The van der Waals surface area contributed by atoms with Gasteiger partial charge in [-0.3, -0.25) is 9.48 Å². The van der Waals surface area contributed by atoms with Gasteiger partial charge in [-0.05, 0) is 13.3 Å². The van der Waals surface area contributed by atoms with Crippen molar-refractivity contribution in [3.8, 4) is 0 Å². The van der Waals surface area contributed by atoms with E-state index in [0.29, 0.717) is 12.2 Å². The predicted octanol–water partition coefficient (Wildman–Crippen LogP) is 0.252. The molecule has 2 heterocycles. The van der Waals surface area contributed by atoms with Gasteiger partial charge < -0.3 is 10.6 Å². The number of nitrogens with two attached hydrogens (primary N) is 1. The van der Waals surface area contributed by atoms with Crippen LogP contribution in [0.5, 0.6) is 0 Å². The van der Waals surface area contributed by atoms with Gasteiger partial charge in [0.1, 0.15) is 0 Å². The van der Waals surface area contributed by atoms with Gasteiger partial charge in [0.05, 0.1) is 23.8 Å². The predicted molar refractivity (Wildman–Crippen MR) is 57.1 cm³/mol. The van der Waals surface area contributed by atoms with Crippen molar-refractivity contribution in [3.05, 3.63) is 11.9 Å². The summed E-state index contributed by atoms with van der Waals surface area (Å²) in [6.45, 7) is 3.36. The minimum atomic E-state index is 0.0636. The Morgan fingerprint density at radius 2 is 2.40 bits per heavy atom. The van der Waals surface area contributed by atoms with Crippen LogP contribution in [0.1, 0.15) is 12.1 Å². The van der Waals surface area contributed by atoms with Crippen molar-refractivity contribution in [1.29, 1.82) is 0 Å². The van der Waals surface area contributed by atoms with Crippen molar-refractivity contribution in [1.82, 2.24) is 14.7 Å². The van der Waals surface area contributed by atoms with Gasteiger partial charge in [0.25, 0.3) is 0 Å². The maximum absolute atomic E-state index is 11.7. The summed E-state index contributed by atoms with van der Waals surface area (Å²) in [5, 5.41) is 4.25. The lowest BCUT2D eigenvalue weighted by molar-refractivity contribution is -0.130. The van der Waals surface area contributed by atoms with Crippen LogP contribution in [0.4, 0.5) is 5.69 Å². The van der Waals surface area contributed by atoms with Crippen LogP contribution < -0.4 is 5.73 Å². The molecule has 5 heteroatoms. The average Bonchev–Trinajstić information content (AvgIpc) is 2.65. The Balaban J connectivity index is 2.06. The fourth-order valence-electron chi connectivity index (χ4n) is 1.92. The van der Waals surface area contributed by atoms with Gasteiger partial charge in [0, 0.05) is 19.8 Å². The molecule has 0 spiro atoms. The highest BCUT2D eigenvalue weighted by Gasteiger charge is 2.29. The van der Waals surface area contributed by atoms with E-state index in [-0.39, 0.29) is 11.8 Å². The highest BCUT2D eigenvalue weighted by molar-refractivity contribution is 5.80. The number of nitrogen functional groups attached to an aromatic ring is 1. The summed E-state index contributed by atoms with van der Waals surface area (Å²) in [5.41, 5.74) is 7.21. The number of hydrogen-bond acceptors (Lipinski definition) is 3. The third-order valence-corrected chi connectivity index (χ3v) is 2.93. The van der Waals surface area contributed by atoms with E-state index in [1.807, 2.05) is 14.0 Å². The van der Waals surface area contributed by atoms with Crippen LogP contribution in [-0.4, -0.2) is 34.2 Å². The molecule has 0 saturated carbocycles. The van der Waals surface area contributed by atoms with Gasteiger partial charge in [-0.1, -0.05) is 0 Å². The summed E-state index contributed by atoms with van der Waals surface area (Å²) < 4.78 is 1.77. The largest absolute Gasteiger partial charge is 0.396 e. The van der Waals surface area contributed by atoms with Crippen molar-refractivity contribution in [3.63, 3.8) is 0 Å². The third kappa shape index (κ3) is 1.82. The molecule has 1 aliphatic heterocycles.